The van der Waals surface area contributed by atoms with E-state index < -0.39 is 0 Å². The third-order valence-electron chi connectivity index (χ3n) is 1.93. The van der Waals surface area contributed by atoms with Gasteiger partial charge in [-0.25, -0.2) is 0 Å². The number of carbonyl (C=O) groups is 1. The lowest BCUT2D eigenvalue weighted by molar-refractivity contribution is -0.132. The molecule has 0 unspecified atom stereocenters. The third kappa shape index (κ3) is 5.13. The van der Waals surface area contributed by atoms with Crippen LogP contribution in [0, 0.1) is 11.3 Å². The summed E-state index contributed by atoms with van der Waals surface area (Å²) in [6, 6.07) is 2.26. The van der Waals surface area contributed by atoms with Gasteiger partial charge in [-0.05, 0) is 20.1 Å². The summed E-state index contributed by atoms with van der Waals surface area (Å²) in [5, 5.41) is 8.46. The molecule has 80 valence electrons. The molecule has 0 fully saturated rings. The Kier molecular flexibility index (Phi) is 7.31. The maximum atomic E-state index is 11.7. The predicted molar refractivity (Wildman–Crippen MR) is 60.1 cm³/mol. The van der Waals surface area contributed by atoms with E-state index in [1.165, 1.54) is 0 Å². The largest absolute Gasteiger partial charge is 0.339 e. The van der Waals surface area contributed by atoms with Gasteiger partial charge in [0.25, 0.3) is 0 Å². The highest BCUT2D eigenvalue weighted by Gasteiger charge is 2.15. The summed E-state index contributed by atoms with van der Waals surface area (Å²) >= 11 is 1.67. The summed E-state index contributed by atoms with van der Waals surface area (Å²) in [6.45, 7) is 4.52. The molecule has 0 bridgehead atoms. The molecular weight excluding hydrogens is 196 g/mol. The summed E-state index contributed by atoms with van der Waals surface area (Å²) in [7, 11) is 0. The van der Waals surface area contributed by atoms with E-state index in [0.29, 0.717) is 19.4 Å². The average molecular weight is 214 g/mol. The quantitative estimate of drug-likeness (QED) is 0.678. The molecule has 0 saturated carbocycles. The van der Waals surface area contributed by atoms with Crippen molar-refractivity contribution in [1.82, 2.24) is 4.90 Å². The van der Waals surface area contributed by atoms with Crippen LogP contribution in [0.4, 0.5) is 0 Å². The van der Waals surface area contributed by atoms with E-state index in [9.17, 15) is 4.79 Å². The Morgan fingerprint density at radius 1 is 1.57 bits per heavy atom. The molecule has 0 aromatic heterocycles. The first kappa shape index (κ1) is 13.3. The van der Waals surface area contributed by atoms with Crippen molar-refractivity contribution in [1.29, 1.82) is 5.26 Å². The molecule has 0 atom stereocenters. The molecule has 0 radical (unpaired) electrons. The number of hydrogen-bond donors (Lipinski definition) is 0. The lowest BCUT2D eigenvalue weighted by Gasteiger charge is -2.25. The van der Waals surface area contributed by atoms with Crippen molar-refractivity contribution < 1.29 is 4.79 Å². The van der Waals surface area contributed by atoms with Gasteiger partial charge in [-0.3, -0.25) is 4.79 Å². The molecule has 0 N–H and O–H groups in total. The van der Waals surface area contributed by atoms with Crippen molar-refractivity contribution in [2.75, 3.05) is 18.6 Å². The summed E-state index contributed by atoms with van der Waals surface area (Å²) in [6.07, 6.45) is 2.98. The average Bonchev–Trinajstić information content (AvgIpc) is 2.14. The van der Waals surface area contributed by atoms with Gasteiger partial charge in [0.05, 0.1) is 12.5 Å². The zero-order valence-electron chi connectivity index (χ0n) is 9.12. The Hall–Kier alpha value is -0.690. The van der Waals surface area contributed by atoms with Crippen LogP contribution in [-0.2, 0) is 4.79 Å². The van der Waals surface area contributed by atoms with Gasteiger partial charge in [0.15, 0.2) is 0 Å². The van der Waals surface area contributed by atoms with Crippen LogP contribution in [0.25, 0.3) is 0 Å². The zero-order chi connectivity index (χ0) is 11.0. The number of hydrogen-bond acceptors (Lipinski definition) is 3. The number of amides is 1. The second-order valence-corrected chi connectivity index (χ2v) is 4.32. The summed E-state index contributed by atoms with van der Waals surface area (Å²) < 4.78 is 0. The number of nitrogens with zero attached hydrogens (tertiary/aromatic N) is 2. The fraction of sp³-hybridized carbons (Fsp3) is 0.800. The van der Waals surface area contributed by atoms with Crippen LogP contribution in [0.2, 0.25) is 0 Å². The minimum Gasteiger partial charge on any atom is -0.339 e. The molecule has 4 heteroatoms. The highest BCUT2D eigenvalue weighted by Crippen LogP contribution is 2.05. The zero-order valence-corrected chi connectivity index (χ0v) is 9.93. The summed E-state index contributed by atoms with van der Waals surface area (Å²) in [4.78, 5) is 13.4. The molecule has 0 heterocycles. The van der Waals surface area contributed by atoms with Gasteiger partial charge in [-0.1, -0.05) is 0 Å². The Morgan fingerprint density at radius 2 is 2.21 bits per heavy atom. The monoisotopic (exact) mass is 214 g/mol. The summed E-state index contributed by atoms with van der Waals surface area (Å²) in [5.74, 6) is 1.01. The first-order valence-corrected chi connectivity index (χ1v) is 6.18. The van der Waals surface area contributed by atoms with Crippen molar-refractivity contribution in [3.8, 4) is 6.07 Å². The normalized spacial score (nSPS) is 9.93. The number of rotatable bonds is 6. The molecule has 1 amide bonds. The van der Waals surface area contributed by atoms with Crippen LogP contribution in [0.5, 0.6) is 0 Å². The first-order chi connectivity index (χ1) is 6.63. The van der Waals surface area contributed by atoms with E-state index in [1.54, 1.807) is 16.7 Å². The smallest absolute Gasteiger partial charge is 0.223 e. The molecule has 0 aliphatic carbocycles. The molecular formula is C10H18N2OS. The minimum absolute atomic E-state index is 0.157. The molecule has 0 aliphatic heterocycles. The van der Waals surface area contributed by atoms with Crippen molar-refractivity contribution in [3.05, 3.63) is 0 Å². The Bertz CT molecular complexity index is 211. The van der Waals surface area contributed by atoms with Gasteiger partial charge < -0.3 is 4.90 Å². The van der Waals surface area contributed by atoms with E-state index in [4.69, 9.17) is 5.26 Å². The lowest BCUT2D eigenvalue weighted by Crippen LogP contribution is -2.37. The fourth-order valence-electron chi connectivity index (χ4n) is 1.17. The maximum absolute atomic E-state index is 11.7. The number of carbonyl (C=O) groups excluding carboxylic acids is 1. The van der Waals surface area contributed by atoms with Gasteiger partial charge in [-0.15, -0.1) is 0 Å². The third-order valence-corrected chi connectivity index (χ3v) is 2.54. The molecule has 0 spiro atoms. The van der Waals surface area contributed by atoms with Gasteiger partial charge in [-0.2, -0.15) is 17.0 Å². The van der Waals surface area contributed by atoms with Gasteiger partial charge in [0, 0.05) is 24.8 Å². The van der Waals surface area contributed by atoms with Crippen molar-refractivity contribution >= 4 is 17.7 Å². The van der Waals surface area contributed by atoms with E-state index in [0.717, 1.165) is 5.75 Å². The Labute approximate surface area is 90.5 Å². The van der Waals surface area contributed by atoms with Crippen LogP contribution in [0.3, 0.4) is 0 Å². The van der Waals surface area contributed by atoms with Crippen LogP contribution in [-0.4, -0.2) is 35.4 Å². The van der Waals surface area contributed by atoms with Gasteiger partial charge in [0.2, 0.25) is 5.91 Å². The number of nitriles is 1. The van der Waals surface area contributed by atoms with Crippen molar-refractivity contribution in [2.24, 2.45) is 0 Å². The van der Waals surface area contributed by atoms with E-state index in [1.807, 2.05) is 20.1 Å². The van der Waals surface area contributed by atoms with Crippen LogP contribution >= 0.6 is 11.8 Å². The van der Waals surface area contributed by atoms with E-state index in [-0.39, 0.29) is 11.9 Å². The molecule has 14 heavy (non-hydrogen) atoms. The minimum atomic E-state index is 0.157. The Balaban J connectivity index is 4.06. The van der Waals surface area contributed by atoms with E-state index >= 15 is 0 Å². The highest BCUT2D eigenvalue weighted by atomic mass is 32.2. The predicted octanol–water partition coefficient (Wildman–Crippen LogP) is 1.89. The molecule has 3 nitrogen and oxygen atoms in total. The molecule has 0 rings (SSSR count). The SMILES string of the molecule is CSCCC(=O)N(CCC#N)C(C)C. The van der Waals surface area contributed by atoms with Crippen LogP contribution in [0.1, 0.15) is 26.7 Å². The molecule has 0 aromatic rings. The first-order valence-electron chi connectivity index (χ1n) is 4.78. The lowest BCUT2D eigenvalue weighted by atomic mass is 10.2. The van der Waals surface area contributed by atoms with Gasteiger partial charge >= 0.3 is 0 Å². The second kappa shape index (κ2) is 7.69. The maximum Gasteiger partial charge on any atom is 0.223 e. The van der Waals surface area contributed by atoms with E-state index in [2.05, 4.69) is 6.07 Å². The highest BCUT2D eigenvalue weighted by molar-refractivity contribution is 7.98. The van der Waals surface area contributed by atoms with Gasteiger partial charge in [0.1, 0.15) is 0 Å². The fourth-order valence-corrected chi connectivity index (χ4v) is 1.55. The van der Waals surface area contributed by atoms with Crippen LogP contribution < -0.4 is 0 Å². The standard InChI is InChI=1S/C10H18N2OS/c1-9(2)12(7-4-6-11)10(13)5-8-14-3/h9H,4-5,7-8H2,1-3H3. The van der Waals surface area contributed by atoms with Crippen LogP contribution in [0.15, 0.2) is 0 Å². The topological polar surface area (TPSA) is 44.1 Å². The molecule has 0 aromatic carbocycles. The summed E-state index contributed by atoms with van der Waals surface area (Å²) in [5.41, 5.74) is 0. The second-order valence-electron chi connectivity index (χ2n) is 3.33. The number of thioether (sulfide) groups is 1. The molecule has 0 aliphatic rings. The Morgan fingerprint density at radius 3 is 2.64 bits per heavy atom. The van der Waals surface area contributed by atoms with Crippen molar-refractivity contribution in [3.63, 3.8) is 0 Å². The van der Waals surface area contributed by atoms with Crippen molar-refractivity contribution in [2.45, 2.75) is 32.7 Å². The molecule has 0 saturated heterocycles.